The lowest BCUT2D eigenvalue weighted by Gasteiger charge is -2.10. The van der Waals surface area contributed by atoms with E-state index in [9.17, 15) is 10.1 Å². The number of ether oxygens (including phenoxy) is 1. The van der Waals surface area contributed by atoms with Crippen molar-refractivity contribution >= 4 is 12.0 Å². The second-order valence-electron chi connectivity index (χ2n) is 5.84. The Bertz CT molecular complexity index is 576. The molecular weight excluding hydrogens is 276 g/mol. The van der Waals surface area contributed by atoms with Crippen LogP contribution >= 0.6 is 0 Å². The molecule has 0 aromatic heterocycles. The van der Waals surface area contributed by atoms with Gasteiger partial charge in [-0.15, -0.1) is 0 Å². The van der Waals surface area contributed by atoms with Crippen LogP contribution in [0, 0.1) is 11.3 Å². The maximum absolute atomic E-state index is 12.1. The lowest BCUT2D eigenvalue weighted by atomic mass is 10.0. The number of carbonyl (C=O) groups excluding carboxylic acids is 1. The minimum atomic E-state index is -0.342. The SMILES string of the molecule is CC(C)c1ccc(/C=C(/C#N)C(=O)NC[C@H]2CCCO2)cc1. The zero-order valence-corrected chi connectivity index (χ0v) is 13.1. The van der Waals surface area contributed by atoms with Gasteiger partial charge in [0.25, 0.3) is 5.91 Å². The smallest absolute Gasteiger partial charge is 0.262 e. The van der Waals surface area contributed by atoms with Crippen molar-refractivity contribution in [1.82, 2.24) is 5.32 Å². The van der Waals surface area contributed by atoms with Crippen LogP contribution in [0.15, 0.2) is 29.8 Å². The summed E-state index contributed by atoms with van der Waals surface area (Å²) in [4.78, 5) is 12.1. The maximum Gasteiger partial charge on any atom is 0.262 e. The summed E-state index contributed by atoms with van der Waals surface area (Å²) in [6.07, 6.45) is 3.69. The molecule has 4 heteroatoms. The van der Waals surface area contributed by atoms with Crippen molar-refractivity contribution < 1.29 is 9.53 Å². The van der Waals surface area contributed by atoms with Crippen molar-refractivity contribution in [2.24, 2.45) is 0 Å². The first-order valence-corrected chi connectivity index (χ1v) is 7.71. The molecule has 0 unspecified atom stereocenters. The number of nitrogens with zero attached hydrogens (tertiary/aromatic N) is 1. The number of nitriles is 1. The molecule has 1 heterocycles. The fraction of sp³-hybridized carbons (Fsp3) is 0.444. The largest absolute Gasteiger partial charge is 0.376 e. The molecule has 1 atom stereocenters. The zero-order chi connectivity index (χ0) is 15.9. The van der Waals surface area contributed by atoms with Gasteiger partial charge in [-0.05, 0) is 36.0 Å². The van der Waals surface area contributed by atoms with Gasteiger partial charge >= 0.3 is 0 Å². The molecule has 1 aliphatic heterocycles. The Kier molecular flexibility index (Phi) is 5.74. The molecule has 0 saturated carbocycles. The Morgan fingerprint density at radius 1 is 1.45 bits per heavy atom. The van der Waals surface area contributed by atoms with Crippen LogP contribution in [-0.4, -0.2) is 25.2 Å². The van der Waals surface area contributed by atoms with E-state index in [-0.39, 0.29) is 17.6 Å². The Morgan fingerprint density at radius 3 is 2.73 bits per heavy atom. The van der Waals surface area contributed by atoms with Crippen LogP contribution in [0.2, 0.25) is 0 Å². The molecule has 1 amide bonds. The Balaban J connectivity index is 1.99. The second-order valence-corrected chi connectivity index (χ2v) is 5.84. The summed E-state index contributed by atoms with van der Waals surface area (Å²) in [7, 11) is 0. The first-order chi connectivity index (χ1) is 10.6. The summed E-state index contributed by atoms with van der Waals surface area (Å²) in [6, 6.07) is 9.88. The van der Waals surface area contributed by atoms with Crippen molar-refractivity contribution in [2.45, 2.75) is 38.7 Å². The molecule has 0 aliphatic carbocycles. The third-order valence-electron chi connectivity index (χ3n) is 3.79. The average molecular weight is 298 g/mol. The van der Waals surface area contributed by atoms with E-state index in [0.29, 0.717) is 12.5 Å². The number of carbonyl (C=O) groups is 1. The molecule has 4 nitrogen and oxygen atoms in total. The van der Waals surface area contributed by atoms with Gasteiger partial charge in [-0.1, -0.05) is 38.1 Å². The second kappa shape index (κ2) is 7.77. The van der Waals surface area contributed by atoms with E-state index in [1.54, 1.807) is 6.08 Å². The van der Waals surface area contributed by atoms with Crippen molar-refractivity contribution in [1.29, 1.82) is 5.26 Å². The highest BCUT2D eigenvalue weighted by atomic mass is 16.5. The van der Waals surface area contributed by atoms with E-state index in [4.69, 9.17) is 4.74 Å². The Labute approximate surface area is 131 Å². The molecular formula is C18H22N2O2. The van der Waals surface area contributed by atoms with Gasteiger partial charge in [0.1, 0.15) is 11.6 Å². The molecule has 2 rings (SSSR count). The third kappa shape index (κ3) is 4.44. The van der Waals surface area contributed by atoms with Gasteiger partial charge in [0.2, 0.25) is 0 Å². The summed E-state index contributed by atoms with van der Waals surface area (Å²) in [5, 5.41) is 12.0. The van der Waals surface area contributed by atoms with Gasteiger partial charge < -0.3 is 10.1 Å². The maximum atomic E-state index is 12.1. The molecule has 0 radical (unpaired) electrons. The van der Waals surface area contributed by atoms with Gasteiger partial charge in [-0.3, -0.25) is 4.79 Å². The third-order valence-corrected chi connectivity index (χ3v) is 3.79. The van der Waals surface area contributed by atoms with Crippen LogP contribution < -0.4 is 5.32 Å². The fourth-order valence-electron chi connectivity index (χ4n) is 2.40. The van der Waals surface area contributed by atoms with E-state index in [1.807, 2.05) is 30.3 Å². The number of rotatable bonds is 5. The molecule has 1 fully saturated rings. The van der Waals surface area contributed by atoms with Crippen molar-refractivity contribution in [2.75, 3.05) is 13.2 Å². The van der Waals surface area contributed by atoms with Crippen molar-refractivity contribution in [3.63, 3.8) is 0 Å². The summed E-state index contributed by atoms with van der Waals surface area (Å²) in [5.74, 6) is 0.120. The van der Waals surface area contributed by atoms with E-state index in [1.165, 1.54) is 5.56 Å². The molecule has 1 aromatic carbocycles. The predicted octanol–water partition coefficient (Wildman–Crippen LogP) is 3.01. The van der Waals surface area contributed by atoms with Gasteiger partial charge in [0.05, 0.1) is 6.10 Å². The van der Waals surface area contributed by atoms with Crippen LogP contribution in [-0.2, 0) is 9.53 Å². The summed E-state index contributed by atoms with van der Waals surface area (Å²) >= 11 is 0. The summed E-state index contributed by atoms with van der Waals surface area (Å²) in [6.45, 7) is 5.47. The summed E-state index contributed by atoms with van der Waals surface area (Å²) < 4.78 is 5.45. The van der Waals surface area contributed by atoms with Crippen LogP contribution in [0.1, 0.15) is 43.7 Å². The lowest BCUT2D eigenvalue weighted by molar-refractivity contribution is -0.117. The van der Waals surface area contributed by atoms with Gasteiger partial charge in [-0.2, -0.15) is 5.26 Å². The highest BCUT2D eigenvalue weighted by Crippen LogP contribution is 2.16. The topological polar surface area (TPSA) is 62.1 Å². The number of hydrogen-bond acceptors (Lipinski definition) is 3. The molecule has 1 aromatic rings. The number of benzene rings is 1. The summed E-state index contributed by atoms with van der Waals surface area (Å²) in [5.41, 5.74) is 2.21. The minimum absolute atomic E-state index is 0.0780. The van der Waals surface area contributed by atoms with Crippen LogP contribution in [0.3, 0.4) is 0 Å². The Morgan fingerprint density at radius 2 is 2.18 bits per heavy atom. The molecule has 1 N–H and O–H groups in total. The monoisotopic (exact) mass is 298 g/mol. The van der Waals surface area contributed by atoms with Crippen LogP contribution in [0.25, 0.3) is 6.08 Å². The number of hydrogen-bond donors (Lipinski definition) is 1. The van der Waals surface area contributed by atoms with E-state index in [0.717, 1.165) is 25.0 Å². The van der Waals surface area contributed by atoms with Crippen LogP contribution in [0.4, 0.5) is 0 Å². The van der Waals surface area contributed by atoms with Gasteiger partial charge in [-0.25, -0.2) is 0 Å². The lowest BCUT2D eigenvalue weighted by Crippen LogP contribution is -2.32. The van der Waals surface area contributed by atoms with E-state index in [2.05, 4.69) is 19.2 Å². The first kappa shape index (κ1) is 16.3. The Hall–Kier alpha value is -2.12. The highest BCUT2D eigenvalue weighted by molar-refractivity contribution is 6.01. The molecule has 0 spiro atoms. The van der Waals surface area contributed by atoms with Crippen LogP contribution in [0.5, 0.6) is 0 Å². The highest BCUT2D eigenvalue weighted by Gasteiger charge is 2.17. The molecule has 0 bridgehead atoms. The zero-order valence-electron chi connectivity index (χ0n) is 13.1. The van der Waals surface area contributed by atoms with E-state index < -0.39 is 0 Å². The van der Waals surface area contributed by atoms with Gasteiger partial charge in [0, 0.05) is 13.2 Å². The molecule has 116 valence electrons. The standard InChI is InChI=1S/C18H22N2O2/c1-13(2)15-7-5-14(6-8-15)10-16(11-19)18(21)20-12-17-4-3-9-22-17/h5-8,10,13,17H,3-4,9,12H2,1-2H3,(H,20,21)/b16-10-/t17-/m1/s1. The van der Waals surface area contributed by atoms with Gasteiger partial charge in [0.15, 0.2) is 0 Å². The predicted molar refractivity (Wildman–Crippen MR) is 86.1 cm³/mol. The van der Waals surface area contributed by atoms with Crippen molar-refractivity contribution in [3.05, 3.63) is 41.0 Å². The minimum Gasteiger partial charge on any atom is -0.376 e. The van der Waals surface area contributed by atoms with Crippen molar-refractivity contribution in [3.8, 4) is 6.07 Å². The number of amides is 1. The quantitative estimate of drug-likeness (QED) is 0.671. The number of nitrogens with one attached hydrogen (secondary N) is 1. The normalized spacial score (nSPS) is 18.3. The van der Waals surface area contributed by atoms with E-state index >= 15 is 0 Å². The molecule has 1 aliphatic rings. The fourth-order valence-corrected chi connectivity index (χ4v) is 2.40. The molecule has 1 saturated heterocycles. The first-order valence-electron chi connectivity index (χ1n) is 7.71. The average Bonchev–Trinajstić information content (AvgIpc) is 3.04. The molecule has 22 heavy (non-hydrogen) atoms.